The Labute approximate surface area is 118 Å². The summed E-state index contributed by atoms with van der Waals surface area (Å²) in [5, 5.41) is 3.31. The highest BCUT2D eigenvalue weighted by molar-refractivity contribution is 5.59. The fraction of sp³-hybridized carbons (Fsp3) is 0.400. The van der Waals surface area contributed by atoms with Crippen molar-refractivity contribution in [2.75, 3.05) is 18.5 Å². The molecule has 2 aromatic heterocycles. The third kappa shape index (κ3) is 2.49. The quantitative estimate of drug-likeness (QED) is 0.927. The van der Waals surface area contributed by atoms with Gasteiger partial charge in [0.1, 0.15) is 5.82 Å². The lowest BCUT2D eigenvalue weighted by molar-refractivity contribution is 0.109. The largest absolute Gasteiger partial charge is 0.376 e. The van der Waals surface area contributed by atoms with Gasteiger partial charge in [-0.2, -0.15) is 0 Å². The summed E-state index contributed by atoms with van der Waals surface area (Å²) in [6, 6.07) is 3.99. The van der Waals surface area contributed by atoms with Crippen LogP contribution in [0.5, 0.6) is 0 Å². The molecule has 0 aliphatic carbocycles. The van der Waals surface area contributed by atoms with E-state index in [1.165, 1.54) is 0 Å². The second kappa shape index (κ2) is 5.54. The van der Waals surface area contributed by atoms with Crippen LogP contribution >= 0.6 is 0 Å². The number of hydrogen-bond acceptors (Lipinski definition) is 5. The molecule has 20 heavy (non-hydrogen) atoms. The summed E-state index contributed by atoms with van der Waals surface area (Å²) in [6.07, 6.45) is 2.66. The van der Waals surface area contributed by atoms with Gasteiger partial charge in [0.2, 0.25) is 0 Å². The van der Waals surface area contributed by atoms with Crippen LogP contribution in [0.15, 0.2) is 18.3 Å². The van der Waals surface area contributed by atoms with Gasteiger partial charge in [-0.1, -0.05) is 0 Å². The summed E-state index contributed by atoms with van der Waals surface area (Å²) < 4.78 is 5.51. The number of ether oxygens (including phenoxy) is 1. The molecular formula is C15H18N4O. The van der Waals surface area contributed by atoms with Crippen molar-refractivity contribution in [3.05, 3.63) is 35.3 Å². The van der Waals surface area contributed by atoms with E-state index in [1.807, 2.05) is 25.3 Å². The lowest BCUT2D eigenvalue weighted by atomic mass is 10.1. The Morgan fingerprint density at radius 3 is 2.95 bits per heavy atom. The van der Waals surface area contributed by atoms with E-state index in [0.717, 1.165) is 53.7 Å². The van der Waals surface area contributed by atoms with Gasteiger partial charge >= 0.3 is 0 Å². The second-order valence-electron chi connectivity index (χ2n) is 4.84. The van der Waals surface area contributed by atoms with E-state index in [4.69, 9.17) is 4.74 Å². The average Bonchev–Trinajstić information content (AvgIpc) is 2.48. The molecule has 1 aliphatic rings. The third-order valence-electron chi connectivity index (χ3n) is 3.34. The summed E-state index contributed by atoms with van der Waals surface area (Å²) >= 11 is 0. The zero-order chi connectivity index (χ0) is 13.9. The number of nitrogens with one attached hydrogen (secondary N) is 1. The van der Waals surface area contributed by atoms with Gasteiger partial charge in [0.15, 0.2) is 5.82 Å². The van der Waals surface area contributed by atoms with E-state index >= 15 is 0 Å². The van der Waals surface area contributed by atoms with Crippen LogP contribution in [0.2, 0.25) is 0 Å². The molecule has 0 spiro atoms. The molecule has 5 heteroatoms. The Bertz CT molecular complexity index is 610. The molecule has 0 amide bonds. The van der Waals surface area contributed by atoms with Gasteiger partial charge in [-0.05, 0) is 26.0 Å². The Kier molecular flexibility index (Phi) is 3.60. The van der Waals surface area contributed by atoms with E-state index < -0.39 is 0 Å². The first kappa shape index (κ1) is 13.0. The molecule has 1 N–H and O–H groups in total. The molecule has 104 valence electrons. The molecule has 0 fully saturated rings. The molecular weight excluding hydrogens is 252 g/mol. The van der Waals surface area contributed by atoms with Crippen molar-refractivity contribution < 1.29 is 4.74 Å². The lowest BCUT2D eigenvalue weighted by Gasteiger charge is -2.19. The Balaban J connectivity index is 2.07. The number of aryl methyl sites for hydroxylation is 1. The van der Waals surface area contributed by atoms with Crippen molar-refractivity contribution >= 4 is 5.82 Å². The van der Waals surface area contributed by atoms with Crippen LogP contribution < -0.4 is 5.32 Å². The van der Waals surface area contributed by atoms with E-state index in [9.17, 15) is 0 Å². The minimum atomic E-state index is 0.587. The Hall–Kier alpha value is -2.01. The van der Waals surface area contributed by atoms with Gasteiger partial charge in [0, 0.05) is 36.0 Å². The predicted molar refractivity (Wildman–Crippen MR) is 77.5 cm³/mol. The van der Waals surface area contributed by atoms with Crippen LogP contribution in [0.4, 0.5) is 5.82 Å². The number of fused-ring (bicyclic) bond motifs is 1. The normalized spacial score (nSPS) is 13.9. The standard InChI is InChI=1S/C15H18N4O/c1-3-16-15-12-9-20-7-6-13(12)18-14(19-15)11-5-4-10(2)17-8-11/h4-5,8H,3,6-7,9H2,1-2H3,(H,16,18,19). The fourth-order valence-electron chi connectivity index (χ4n) is 2.27. The first-order valence-electron chi connectivity index (χ1n) is 6.92. The van der Waals surface area contributed by atoms with Crippen LogP contribution in [0.25, 0.3) is 11.4 Å². The first-order valence-corrected chi connectivity index (χ1v) is 6.92. The maximum absolute atomic E-state index is 5.51. The van der Waals surface area contributed by atoms with Gasteiger partial charge < -0.3 is 10.1 Å². The highest BCUT2D eigenvalue weighted by Crippen LogP contribution is 2.25. The molecule has 0 unspecified atom stereocenters. The highest BCUT2D eigenvalue weighted by atomic mass is 16.5. The lowest BCUT2D eigenvalue weighted by Crippen LogP contribution is -2.17. The minimum Gasteiger partial charge on any atom is -0.376 e. The smallest absolute Gasteiger partial charge is 0.163 e. The van der Waals surface area contributed by atoms with Crippen LogP contribution in [-0.4, -0.2) is 28.1 Å². The zero-order valence-corrected chi connectivity index (χ0v) is 11.8. The predicted octanol–water partition coefficient (Wildman–Crippen LogP) is 2.35. The number of aromatic nitrogens is 3. The van der Waals surface area contributed by atoms with Gasteiger partial charge in [0.25, 0.3) is 0 Å². The molecule has 3 heterocycles. The van der Waals surface area contributed by atoms with Crippen molar-refractivity contribution in [3.8, 4) is 11.4 Å². The number of anilines is 1. The molecule has 0 saturated heterocycles. The van der Waals surface area contributed by atoms with Crippen molar-refractivity contribution in [1.82, 2.24) is 15.0 Å². The monoisotopic (exact) mass is 270 g/mol. The molecule has 3 rings (SSSR count). The van der Waals surface area contributed by atoms with Crippen LogP contribution in [0.1, 0.15) is 23.9 Å². The molecule has 1 aliphatic heterocycles. The molecule has 0 atom stereocenters. The van der Waals surface area contributed by atoms with E-state index in [1.54, 1.807) is 0 Å². The van der Waals surface area contributed by atoms with Gasteiger partial charge in [-0.15, -0.1) is 0 Å². The maximum atomic E-state index is 5.51. The van der Waals surface area contributed by atoms with Gasteiger partial charge in [-0.25, -0.2) is 9.97 Å². The van der Waals surface area contributed by atoms with E-state index in [0.29, 0.717) is 6.61 Å². The Morgan fingerprint density at radius 1 is 1.30 bits per heavy atom. The fourth-order valence-corrected chi connectivity index (χ4v) is 2.27. The second-order valence-corrected chi connectivity index (χ2v) is 4.84. The Morgan fingerprint density at radius 2 is 2.20 bits per heavy atom. The van der Waals surface area contributed by atoms with Gasteiger partial charge in [0.05, 0.1) is 18.9 Å². The van der Waals surface area contributed by atoms with Crippen molar-refractivity contribution in [2.24, 2.45) is 0 Å². The summed E-state index contributed by atoms with van der Waals surface area (Å²) in [7, 11) is 0. The summed E-state index contributed by atoms with van der Waals surface area (Å²) in [5.41, 5.74) is 4.11. The number of hydrogen-bond donors (Lipinski definition) is 1. The van der Waals surface area contributed by atoms with E-state index in [-0.39, 0.29) is 0 Å². The molecule has 5 nitrogen and oxygen atoms in total. The van der Waals surface area contributed by atoms with Crippen molar-refractivity contribution in [1.29, 1.82) is 0 Å². The number of rotatable bonds is 3. The van der Waals surface area contributed by atoms with Crippen molar-refractivity contribution in [2.45, 2.75) is 26.9 Å². The van der Waals surface area contributed by atoms with Crippen LogP contribution in [0.3, 0.4) is 0 Å². The third-order valence-corrected chi connectivity index (χ3v) is 3.34. The highest BCUT2D eigenvalue weighted by Gasteiger charge is 2.18. The first-order chi connectivity index (χ1) is 9.78. The van der Waals surface area contributed by atoms with Crippen LogP contribution in [-0.2, 0) is 17.8 Å². The maximum Gasteiger partial charge on any atom is 0.163 e. The summed E-state index contributed by atoms with van der Waals surface area (Å²) in [6.45, 7) is 6.17. The summed E-state index contributed by atoms with van der Waals surface area (Å²) in [4.78, 5) is 13.6. The zero-order valence-electron chi connectivity index (χ0n) is 11.8. The summed E-state index contributed by atoms with van der Waals surface area (Å²) in [5.74, 6) is 1.61. The van der Waals surface area contributed by atoms with Gasteiger partial charge in [-0.3, -0.25) is 4.98 Å². The van der Waals surface area contributed by atoms with E-state index in [2.05, 4.69) is 27.2 Å². The minimum absolute atomic E-state index is 0.587. The number of pyridine rings is 1. The molecule has 0 saturated carbocycles. The topological polar surface area (TPSA) is 59.9 Å². The number of nitrogens with zero attached hydrogens (tertiary/aromatic N) is 3. The van der Waals surface area contributed by atoms with Crippen LogP contribution in [0, 0.1) is 6.92 Å². The SMILES string of the molecule is CCNc1nc(-c2ccc(C)nc2)nc2c1COCC2. The average molecular weight is 270 g/mol. The molecule has 0 radical (unpaired) electrons. The molecule has 0 aromatic carbocycles. The van der Waals surface area contributed by atoms with Crippen molar-refractivity contribution in [3.63, 3.8) is 0 Å². The molecule has 0 bridgehead atoms. The molecule has 2 aromatic rings.